The van der Waals surface area contributed by atoms with E-state index in [9.17, 15) is 14.0 Å². The number of ether oxygens (including phenoxy) is 1. The van der Waals surface area contributed by atoms with E-state index in [2.05, 4.69) is 15.0 Å². The minimum atomic E-state index is -0.791. The molecule has 0 radical (unpaired) electrons. The molecule has 6 heteroatoms. The molecule has 16 heavy (non-hydrogen) atoms. The van der Waals surface area contributed by atoms with Crippen LogP contribution in [0.4, 0.5) is 4.39 Å². The molecule has 1 amide bonds. The lowest BCUT2D eigenvalue weighted by Gasteiger charge is -2.11. The van der Waals surface area contributed by atoms with Gasteiger partial charge in [-0.15, -0.1) is 0 Å². The molecule has 1 heterocycles. The summed E-state index contributed by atoms with van der Waals surface area (Å²) in [6, 6.07) is 0.243. The van der Waals surface area contributed by atoms with Gasteiger partial charge in [-0.3, -0.25) is 9.78 Å². The monoisotopic (exact) mass is 226 g/mol. The molecule has 0 aliphatic carbocycles. The minimum absolute atomic E-state index is 0.0516. The first-order valence-corrected chi connectivity index (χ1v) is 4.54. The quantitative estimate of drug-likeness (QED) is 0.762. The molecule has 0 bridgehead atoms. The van der Waals surface area contributed by atoms with Gasteiger partial charge in [0.05, 0.1) is 18.9 Å². The second kappa shape index (κ2) is 5.20. The van der Waals surface area contributed by atoms with E-state index in [1.54, 1.807) is 0 Å². The molecule has 0 saturated carbocycles. The second-order valence-electron chi connectivity index (χ2n) is 3.11. The number of hydrogen-bond acceptors (Lipinski definition) is 4. The molecule has 0 aliphatic heterocycles. The Balaban J connectivity index is 2.69. The van der Waals surface area contributed by atoms with Gasteiger partial charge >= 0.3 is 5.97 Å². The molecule has 0 aliphatic rings. The fourth-order valence-electron chi connectivity index (χ4n) is 1.05. The number of carbonyl (C=O) groups excluding carboxylic acids is 2. The topological polar surface area (TPSA) is 68.3 Å². The number of esters is 1. The smallest absolute Gasteiger partial charge is 0.328 e. The highest BCUT2D eigenvalue weighted by molar-refractivity contribution is 5.96. The molecule has 86 valence electrons. The zero-order valence-electron chi connectivity index (χ0n) is 8.86. The number of hydrogen-bond donors (Lipinski definition) is 1. The summed E-state index contributed by atoms with van der Waals surface area (Å²) in [6.45, 7) is 1.47. The lowest BCUT2D eigenvalue weighted by atomic mass is 10.2. The van der Waals surface area contributed by atoms with Crippen molar-refractivity contribution in [2.24, 2.45) is 0 Å². The molecule has 0 spiro atoms. The molecular weight excluding hydrogens is 215 g/mol. The van der Waals surface area contributed by atoms with E-state index in [1.807, 2.05) is 0 Å². The zero-order chi connectivity index (χ0) is 12.1. The van der Waals surface area contributed by atoms with Gasteiger partial charge in [0.15, 0.2) is 0 Å². The number of amides is 1. The Morgan fingerprint density at radius 2 is 2.19 bits per heavy atom. The van der Waals surface area contributed by atoms with Crippen molar-refractivity contribution in [1.29, 1.82) is 0 Å². The van der Waals surface area contributed by atoms with E-state index in [-0.39, 0.29) is 5.56 Å². The van der Waals surface area contributed by atoms with Gasteiger partial charge in [-0.1, -0.05) is 0 Å². The van der Waals surface area contributed by atoms with E-state index < -0.39 is 23.7 Å². The third-order valence-corrected chi connectivity index (χ3v) is 1.87. The Morgan fingerprint density at radius 1 is 1.50 bits per heavy atom. The number of carbonyl (C=O) groups is 2. The number of nitrogens with zero attached hydrogens (tertiary/aromatic N) is 1. The lowest BCUT2D eigenvalue weighted by Crippen LogP contribution is -2.39. The maximum atomic E-state index is 12.8. The normalized spacial score (nSPS) is 11.7. The lowest BCUT2D eigenvalue weighted by molar-refractivity contribution is -0.142. The van der Waals surface area contributed by atoms with E-state index in [0.717, 1.165) is 12.3 Å². The van der Waals surface area contributed by atoms with Crippen LogP contribution in [-0.4, -0.2) is 30.0 Å². The molecule has 0 aromatic carbocycles. The summed E-state index contributed by atoms with van der Waals surface area (Å²) in [6.07, 6.45) is 2.20. The molecule has 5 nitrogen and oxygen atoms in total. The van der Waals surface area contributed by atoms with Gasteiger partial charge in [0.25, 0.3) is 5.91 Å². The van der Waals surface area contributed by atoms with Crippen molar-refractivity contribution >= 4 is 11.9 Å². The van der Waals surface area contributed by atoms with Gasteiger partial charge in [0.2, 0.25) is 0 Å². The number of pyridine rings is 1. The summed E-state index contributed by atoms with van der Waals surface area (Å²) in [7, 11) is 1.22. The van der Waals surface area contributed by atoms with E-state index in [4.69, 9.17) is 0 Å². The third-order valence-electron chi connectivity index (χ3n) is 1.87. The fraction of sp³-hybridized carbons (Fsp3) is 0.300. The summed E-state index contributed by atoms with van der Waals surface area (Å²) in [4.78, 5) is 26.0. The van der Waals surface area contributed by atoms with Gasteiger partial charge in [-0.25, -0.2) is 9.18 Å². The van der Waals surface area contributed by atoms with Crippen LogP contribution in [0.15, 0.2) is 18.5 Å². The molecule has 1 unspecified atom stereocenters. The van der Waals surface area contributed by atoms with Crippen LogP contribution in [0.5, 0.6) is 0 Å². The number of rotatable bonds is 3. The molecule has 1 N–H and O–H groups in total. The van der Waals surface area contributed by atoms with Crippen molar-refractivity contribution < 1.29 is 18.7 Å². The zero-order valence-corrected chi connectivity index (χ0v) is 8.86. The van der Waals surface area contributed by atoms with E-state index >= 15 is 0 Å². The van der Waals surface area contributed by atoms with E-state index in [1.165, 1.54) is 20.2 Å². The van der Waals surface area contributed by atoms with Crippen molar-refractivity contribution in [2.45, 2.75) is 13.0 Å². The van der Waals surface area contributed by atoms with Crippen molar-refractivity contribution in [1.82, 2.24) is 10.3 Å². The Labute approximate surface area is 91.6 Å². The third kappa shape index (κ3) is 3.01. The van der Waals surface area contributed by atoms with Crippen LogP contribution in [0.3, 0.4) is 0 Å². The van der Waals surface area contributed by atoms with Gasteiger partial charge in [-0.05, 0) is 13.0 Å². The predicted octanol–water partition coefficient (Wildman–Crippen LogP) is 0.512. The van der Waals surface area contributed by atoms with Crippen LogP contribution < -0.4 is 5.32 Å². The number of halogens is 1. The second-order valence-corrected chi connectivity index (χ2v) is 3.11. The summed E-state index contributed by atoms with van der Waals surface area (Å²) in [5.41, 5.74) is 0.0516. The first kappa shape index (κ1) is 12.1. The molecule has 1 rings (SSSR count). The molecule has 0 fully saturated rings. The molecule has 1 aromatic rings. The Morgan fingerprint density at radius 3 is 2.75 bits per heavy atom. The first-order chi connectivity index (χ1) is 7.54. The Bertz CT molecular complexity index is 409. The largest absolute Gasteiger partial charge is 0.467 e. The van der Waals surface area contributed by atoms with Gasteiger partial charge in [0, 0.05) is 6.20 Å². The van der Waals surface area contributed by atoms with Crippen LogP contribution in [0.25, 0.3) is 0 Å². The Kier molecular flexibility index (Phi) is 3.93. The molecule has 0 saturated heterocycles. The van der Waals surface area contributed by atoms with Gasteiger partial charge < -0.3 is 10.1 Å². The van der Waals surface area contributed by atoms with Crippen LogP contribution >= 0.6 is 0 Å². The maximum Gasteiger partial charge on any atom is 0.328 e. The number of nitrogens with one attached hydrogen (secondary N) is 1. The van der Waals surface area contributed by atoms with Crippen molar-refractivity contribution in [3.8, 4) is 0 Å². The summed E-state index contributed by atoms with van der Waals surface area (Å²) in [5, 5.41) is 2.35. The van der Waals surface area contributed by atoms with Crippen LogP contribution in [-0.2, 0) is 9.53 Å². The van der Waals surface area contributed by atoms with Crippen LogP contribution in [0.1, 0.15) is 17.3 Å². The maximum absolute atomic E-state index is 12.8. The summed E-state index contributed by atoms with van der Waals surface area (Å²) >= 11 is 0. The van der Waals surface area contributed by atoms with Gasteiger partial charge in [0.1, 0.15) is 11.9 Å². The van der Waals surface area contributed by atoms with Gasteiger partial charge in [-0.2, -0.15) is 0 Å². The SMILES string of the molecule is COC(=O)C(C)NC(=O)c1cncc(F)c1. The summed E-state index contributed by atoms with van der Waals surface area (Å²) < 4.78 is 17.2. The van der Waals surface area contributed by atoms with Crippen LogP contribution in [0, 0.1) is 5.82 Å². The number of aromatic nitrogens is 1. The highest BCUT2D eigenvalue weighted by Gasteiger charge is 2.17. The molecule has 1 aromatic heterocycles. The average Bonchev–Trinajstić information content (AvgIpc) is 2.27. The first-order valence-electron chi connectivity index (χ1n) is 4.54. The standard InChI is InChI=1S/C10H11FN2O3/c1-6(10(15)16-2)13-9(14)7-3-8(11)5-12-4-7/h3-6H,1-2H3,(H,13,14). The predicted molar refractivity (Wildman–Crippen MR) is 53.1 cm³/mol. The summed E-state index contributed by atoms with van der Waals surface area (Å²) in [5.74, 6) is -1.76. The minimum Gasteiger partial charge on any atom is -0.467 e. The van der Waals surface area contributed by atoms with Crippen molar-refractivity contribution in [3.63, 3.8) is 0 Å². The number of methoxy groups -OCH3 is 1. The molecule has 1 atom stereocenters. The van der Waals surface area contributed by atoms with Crippen molar-refractivity contribution in [3.05, 3.63) is 29.8 Å². The fourth-order valence-corrected chi connectivity index (χ4v) is 1.05. The van der Waals surface area contributed by atoms with Crippen molar-refractivity contribution in [2.75, 3.05) is 7.11 Å². The Hall–Kier alpha value is -1.98. The highest BCUT2D eigenvalue weighted by Crippen LogP contribution is 2.01. The molecular formula is C10H11FN2O3. The van der Waals surface area contributed by atoms with E-state index in [0.29, 0.717) is 0 Å². The highest BCUT2D eigenvalue weighted by atomic mass is 19.1. The average molecular weight is 226 g/mol. The van der Waals surface area contributed by atoms with Crippen LogP contribution in [0.2, 0.25) is 0 Å².